The first-order valence-electron chi connectivity index (χ1n) is 20.7. The average molecular weight is 821 g/mol. The number of imidazole rings is 2. The molecule has 3 aromatic carbocycles. The summed E-state index contributed by atoms with van der Waals surface area (Å²) in [5.41, 5.74) is 5.93. The van der Waals surface area contributed by atoms with E-state index in [1.54, 1.807) is 16.0 Å². The highest BCUT2D eigenvalue weighted by molar-refractivity contribution is 6.07. The Bertz CT molecular complexity index is 2450. The summed E-state index contributed by atoms with van der Waals surface area (Å²) in [7, 11) is 2.53. The van der Waals surface area contributed by atoms with Crippen LogP contribution in [0.15, 0.2) is 48.7 Å². The van der Waals surface area contributed by atoms with E-state index in [1.807, 2.05) is 12.1 Å². The highest BCUT2D eigenvalue weighted by Crippen LogP contribution is 2.43. The van der Waals surface area contributed by atoms with Crippen molar-refractivity contribution in [1.82, 2.24) is 40.4 Å². The third-order valence-corrected chi connectivity index (χ3v) is 12.2. The molecule has 16 nitrogen and oxygen atoms in total. The van der Waals surface area contributed by atoms with Crippen molar-refractivity contribution >= 4 is 45.8 Å². The van der Waals surface area contributed by atoms with Crippen LogP contribution < -0.4 is 15.4 Å². The number of aromatic nitrogens is 4. The van der Waals surface area contributed by atoms with E-state index >= 15 is 0 Å². The second-order valence-electron chi connectivity index (χ2n) is 16.1. The summed E-state index contributed by atoms with van der Waals surface area (Å²) in [6, 6.07) is 14.1. The topological polar surface area (TPSA) is 193 Å². The summed E-state index contributed by atoms with van der Waals surface area (Å²) in [5, 5.41) is 6.98. The van der Waals surface area contributed by atoms with Crippen LogP contribution in [0.1, 0.15) is 82.6 Å². The van der Waals surface area contributed by atoms with Gasteiger partial charge in [0.25, 0.3) is 0 Å². The van der Waals surface area contributed by atoms with Crippen LogP contribution in [-0.2, 0) is 37.0 Å². The second kappa shape index (κ2) is 16.8. The maximum absolute atomic E-state index is 13.8. The van der Waals surface area contributed by atoms with Gasteiger partial charge in [-0.1, -0.05) is 25.1 Å². The van der Waals surface area contributed by atoms with Gasteiger partial charge >= 0.3 is 12.2 Å². The average Bonchev–Trinajstić information content (AvgIpc) is 4.04. The molecule has 2 unspecified atom stereocenters. The fourth-order valence-corrected chi connectivity index (χ4v) is 9.29. The third kappa shape index (κ3) is 7.95. The summed E-state index contributed by atoms with van der Waals surface area (Å²) in [4.78, 5) is 70.4. The summed E-state index contributed by atoms with van der Waals surface area (Å²) in [5.74, 6) is 1.64. The van der Waals surface area contributed by atoms with E-state index in [4.69, 9.17) is 24.2 Å². The molecule has 2 aromatic heterocycles. The van der Waals surface area contributed by atoms with Gasteiger partial charge in [0.05, 0.1) is 67.5 Å². The molecule has 16 heteroatoms. The summed E-state index contributed by atoms with van der Waals surface area (Å²) in [6.45, 7) is 7.00. The van der Waals surface area contributed by atoms with E-state index in [0.717, 1.165) is 87.6 Å². The minimum atomic E-state index is -0.669. The number of H-pyrrole nitrogens is 2. The first kappa shape index (κ1) is 40.6. The van der Waals surface area contributed by atoms with Gasteiger partial charge in [-0.2, -0.15) is 0 Å². The Hall–Kier alpha value is -6.16. The Kier molecular flexibility index (Phi) is 11.4. The van der Waals surface area contributed by atoms with Crippen LogP contribution in [0.5, 0.6) is 5.75 Å². The highest BCUT2D eigenvalue weighted by atomic mass is 16.5. The molecule has 0 spiro atoms. The lowest BCUT2D eigenvalue weighted by molar-refractivity contribution is -0.166. The molecular weight excluding hydrogens is 769 g/mol. The number of rotatable bonds is 11. The fourth-order valence-electron chi connectivity index (χ4n) is 9.29. The Morgan fingerprint density at radius 1 is 1.00 bits per heavy atom. The predicted octanol–water partition coefficient (Wildman–Crippen LogP) is 6.50. The summed E-state index contributed by atoms with van der Waals surface area (Å²) < 4.78 is 22.2. The quantitative estimate of drug-likeness (QED) is 0.114. The van der Waals surface area contributed by atoms with Crippen molar-refractivity contribution in [2.24, 2.45) is 0 Å². The van der Waals surface area contributed by atoms with Crippen LogP contribution in [0, 0.1) is 0 Å². The number of likely N-dealkylation sites (tertiary alicyclic amines) is 1. The zero-order chi connectivity index (χ0) is 42.1. The van der Waals surface area contributed by atoms with Gasteiger partial charge < -0.3 is 49.3 Å². The van der Waals surface area contributed by atoms with E-state index in [0.29, 0.717) is 31.2 Å². The number of nitrogens with zero attached hydrogens (tertiary/aromatic N) is 4. The van der Waals surface area contributed by atoms with E-state index in [2.05, 4.69) is 76.4 Å². The third-order valence-electron chi connectivity index (χ3n) is 12.2. The standard InChI is InChI=1S/C44H52N8O8/c1-6-36(44(3)15-7-9-25(2)60-44)52(39(54)22-47-43(56)58-5)23-37-45-20-33(48-37)27-11-13-29-28(17-27)24-59-35-19-30-26(18-31(29)35)12-14-32-40(30)50-41(49-32)34-10-8-16-51(34)38(53)21-46-42(55)57-4/h11-14,17-20,25,34,36H,6-10,15-16,21-24H2,1-5H3,(H,45,48)(H,46,55)(H,47,56)(H,49,50)/t25-,34?,36-,44?/m1/s1. The van der Waals surface area contributed by atoms with Gasteiger partial charge in [0.15, 0.2) is 0 Å². The molecule has 4 amide bonds. The van der Waals surface area contributed by atoms with Crippen molar-refractivity contribution in [2.75, 3.05) is 33.9 Å². The van der Waals surface area contributed by atoms with Gasteiger partial charge in [-0.3, -0.25) is 9.59 Å². The van der Waals surface area contributed by atoms with Gasteiger partial charge in [0.1, 0.15) is 37.1 Å². The van der Waals surface area contributed by atoms with Gasteiger partial charge in [-0.15, -0.1) is 0 Å². The fraction of sp³-hybridized carbons (Fsp3) is 0.455. The number of amides is 4. The van der Waals surface area contributed by atoms with Crippen LogP contribution in [-0.4, -0.2) is 105 Å². The zero-order valence-electron chi connectivity index (χ0n) is 34.7. The van der Waals surface area contributed by atoms with Crippen molar-refractivity contribution in [3.8, 4) is 28.1 Å². The van der Waals surface area contributed by atoms with E-state index in [1.165, 1.54) is 14.2 Å². The van der Waals surface area contributed by atoms with Crippen LogP contribution in [0.4, 0.5) is 9.59 Å². The molecule has 0 saturated carbocycles. The monoisotopic (exact) mass is 820 g/mol. The van der Waals surface area contributed by atoms with Crippen LogP contribution in [0.2, 0.25) is 0 Å². The second-order valence-corrected chi connectivity index (χ2v) is 16.1. The van der Waals surface area contributed by atoms with Crippen molar-refractivity contribution in [2.45, 2.75) is 96.2 Å². The normalized spacial score (nSPS) is 20.2. The molecule has 8 rings (SSSR count). The number of ether oxygens (including phenoxy) is 4. The molecule has 3 aliphatic rings. The number of methoxy groups -OCH3 is 2. The minimum Gasteiger partial charge on any atom is -0.488 e. The largest absolute Gasteiger partial charge is 0.488 e. The number of carbonyl (C=O) groups excluding carboxylic acids is 4. The smallest absolute Gasteiger partial charge is 0.407 e. The van der Waals surface area contributed by atoms with Crippen molar-refractivity contribution in [3.05, 3.63) is 65.9 Å². The number of alkyl carbamates (subject to hydrolysis) is 2. The molecule has 3 aliphatic heterocycles. The first-order chi connectivity index (χ1) is 29.0. The highest BCUT2D eigenvalue weighted by Gasteiger charge is 2.43. The van der Waals surface area contributed by atoms with Crippen LogP contribution in [0.3, 0.4) is 0 Å². The molecule has 60 heavy (non-hydrogen) atoms. The molecule has 5 heterocycles. The SMILES string of the molecule is CC[C@@H](N(Cc1ncc(-c2ccc3c(c2)COc2cc4c(ccc5[nH]c(C6CCCN6C(=O)CNC(=O)OC)nc54)cc2-3)[nH]1)C(=O)CNC(=O)OC)C1(C)CCC[C@@H](C)O1. The summed E-state index contributed by atoms with van der Waals surface area (Å²) >= 11 is 0. The molecule has 2 fully saturated rings. The van der Waals surface area contributed by atoms with Gasteiger partial charge in [0.2, 0.25) is 11.8 Å². The van der Waals surface area contributed by atoms with E-state index in [-0.39, 0.29) is 49.6 Å². The molecule has 2 saturated heterocycles. The number of aromatic amines is 2. The van der Waals surface area contributed by atoms with Gasteiger partial charge in [0, 0.05) is 17.5 Å². The number of carbonyl (C=O) groups is 4. The molecule has 0 aliphatic carbocycles. The molecule has 0 bridgehead atoms. The lowest BCUT2D eigenvalue weighted by Crippen LogP contribution is -2.57. The van der Waals surface area contributed by atoms with Crippen LogP contribution >= 0.6 is 0 Å². The molecule has 316 valence electrons. The zero-order valence-corrected chi connectivity index (χ0v) is 34.7. The Balaban J connectivity index is 1.03. The molecular formula is C44H52N8O8. The molecule has 4 atom stereocenters. The maximum Gasteiger partial charge on any atom is 0.407 e. The minimum absolute atomic E-state index is 0.0793. The number of benzene rings is 3. The van der Waals surface area contributed by atoms with Gasteiger partial charge in [-0.05, 0) is 98.7 Å². The Labute approximate surface area is 347 Å². The summed E-state index contributed by atoms with van der Waals surface area (Å²) in [6.07, 6.45) is 5.60. The molecule has 0 radical (unpaired) electrons. The maximum atomic E-state index is 13.8. The van der Waals surface area contributed by atoms with Crippen molar-refractivity contribution in [3.63, 3.8) is 0 Å². The Morgan fingerprint density at radius 2 is 1.80 bits per heavy atom. The van der Waals surface area contributed by atoms with Crippen molar-refractivity contribution in [1.29, 1.82) is 0 Å². The Morgan fingerprint density at radius 3 is 2.57 bits per heavy atom. The number of fused-ring (bicyclic) bond motifs is 6. The van der Waals surface area contributed by atoms with Crippen molar-refractivity contribution < 1.29 is 38.1 Å². The molecule has 4 N–H and O–H groups in total. The lowest BCUT2D eigenvalue weighted by Gasteiger charge is -2.47. The number of hydrogen-bond acceptors (Lipinski definition) is 10. The lowest BCUT2D eigenvalue weighted by atomic mass is 9.84. The predicted molar refractivity (Wildman–Crippen MR) is 223 cm³/mol. The van der Waals surface area contributed by atoms with Gasteiger partial charge in [-0.25, -0.2) is 19.6 Å². The number of nitrogens with one attached hydrogen (secondary N) is 4. The first-order valence-corrected chi connectivity index (χ1v) is 20.7. The van der Waals surface area contributed by atoms with E-state index < -0.39 is 17.8 Å². The molecule has 5 aromatic rings. The van der Waals surface area contributed by atoms with E-state index in [9.17, 15) is 19.2 Å². The number of hydrogen-bond donors (Lipinski definition) is 4. The van der Waals surface area contributed by atoms with Crippen LogP contribution in [0.25, 0.3) is 44.2 Å².